The van der Waals surface area contributed by atoms with E-state index in [4.69, 9.17) is 9.15 Å². The minimum absolute atomic E-state index is 0.167. The fourth-order valence-electron chi connectivity index (χ4n) is 3.44. The molecule has 0 spiro atoms. The van der Waals surface area contributed by atoms with Gasteiger partial charge in [-0.25, -0.2) is 4.98 Å². The number of nitrogens with one attached hydrogen (secondary N) is 2. The van der Waals surface area contributed by atoms with Crippen LogP contribution in [0.15, 0.2) is 52.2 Å². The van der Waals surface area contributed by atoms with E-state index in [0.29, 0.717) is 32.7 Å². The van der Waals surface area contributed by atoms with Crippen molar-refractivity contribution in [2.45, 2.75) is 26.4 Å². The van der Waals surface area contributed by atoms with Crippen molar-refractivity contribution in [1.29, 1.82) is 0 Å². The van der Waals surface area contributed by atoms with E-state index in [2.05, 4.69) is 25.5 Å². The molecule has 1 aliphatic rings. The van der Waals surface area contributed by atoms with Crippen LogP contribution in [0.25, 0.3) is 0 Å². The van der Waals surface area contributed by atoms with Gasteiger partial charge in [0.05, 0.1) is 6.26 Å². The molecule has 9 nitrogen and oxygen atoms in total. The fraction of sp³-hybridized carbons (Fsp3) is 0.522. The van der Waals surface area contributed by atoms with Crippen molar-refractivity contribution in [1.82, 2.24) is 20.5 Å². The highest BCUT2D eigenvalue weighted by atomic mass is 16.5. The number of hydrogen-bond donors (Lipinski definition) is 2. The van der Waals surface area contributed by atoms with E-state index in [1.807, 2.05) is 42.2 Å². The summed E-state index contributed by atoms with van der Waals surface area (Å²) in [6, 6.07) is 9.66. The Balaban J connectivity index is 1.30. The van der Waals surface area contributed by atoms with Gasteiger partial charge in [-0.15, -0.1) is 0 Å². The van der Waals surface area contributed by atoms with E-state index >= 15 is 0 Å². The zero-order valence-electron chi connectivity index (χ0n) is 18.8. The van der Waals surface area contributed by atoms with Gasteiger partial charge in [-0.05, 0) is 37.6 Å². The molecular weight excluding hydrogens is 408 g/mol. The van der Waals surface area contributed by atoms with Crippen LogP contribution in [0.2, 0.25) is 0 Å². The van der Waals surface area contributed by atoms with Gasteiger partial charge in [-0.1, -0.05) is 6.07 Å². The Labute approximate surface area is 189 Å². The Kier molecular flexibility index (Phi) is 9.85. The molecule has 2 N–H and O–H groups in total. The number of rotatable bonds is 11. The lowest BCUT2D eigenvalue weighted by Gasteiger charge is -2.35. The average Bonchev–Trinajstić information content (AvgIpc) is 3.35. The highest BCUT2D eigenvalue weighted by Gasteiger charge is 2.21. The average molecular weight is 443 g/mol. The van der Waals surface area contributed by atoms with Crippen LogP contribution in [0.4, 0.5) is 5.82 Å². The van der Waals surface area contributed by atoms with Crippen molar-refractivity contribution < 1.29 is 13.9 Å². The first-order chi connectivity index (χ1) is 15.8. The Bertz CT molecular complexity index is 804. The van der Waals surface area contributed by atoms with Crippen molar-refractivity contribution in [2.24, 2.45) is 4.99 Å². The fourth-order valence-corrected chi connectivity index (χ4v) is 3.44. The molecule has 1 amide bonds. The monoisotopic (exact) mass is 442 g/mol. The smallest absolute Gasteiger partial charge is 0.224 e. The van der Waals surface area contributed by atoms with Gasteiger partial charge in [-0.2, -0.15) is 0 Å². The summed E-state index contributed by atoms with van der Waals surface area (Å²) in [7, 11) is 0. The maximum atomic E-state index is 12.6. The minimum atomic E-state index is 0.167. The number of amides is 1. The van der Waals surface area contributed by atoms with Crippen LogP contribution in [-0.2, 0) is 16.1 Å². The number of piperazine rings is 1. The molecule has 0 bridgehead atoms. The summed E-state index contributed by atoms with van der Waals surface area (Å²) in [6.45, 7) is 8.16. The standard InChI is InChI=1S/C23H34N6O3/c1-2-24-23(26-11-6-17-31-19-20-7-5-18-32-20)27-12-9-22(30)29-15-13-28(14-16-29)21-8-3-4-10-25-21/h3-5,7-8,10,18H,2,6,9,11-17,19H2,1H3,(H2,24,26,27). The number of aliphatic imine (C=N–C) groups is 1. The zero-order chi connectivity index (χ0) is 22.4. The Morgan fingerprint density at radius 3 is 2.78 bits per heavy atom. The van der Waals surface area contributed by atoms with Crippen LogP contribution < -0.4 is 15.5 Å². The van der Waals surface area contributed by atoms with E-state index in [-0.39, 0.29) is 5.91 Å². The summed E-state index contributed by atoms with van der Waals surface area (Å²) in [6.07, 6.45) is 4.71. The number of hydrogen-bond acceptors (Lipinski definition) is 6. The van der Waals surface area contributed by atoms with Crippen molar-refractivity contribution >= 4 is 17.7 Å². The maximum absolute atomic E-state index is 12.6. The van der Waals surface area contributed by atoms with E-state index < -0.39 is 0 Å². The molecule has 0 aliphatic carbocycles. The number of aromatic nitrogens is 1. The second kappa shape index (κ2) is 13.4. The van der Waals surface area contributed by atoms with Crippen LogP contribution >= 0.6 is 0 Å². The van der Waals surface area contributed by atoms with E-state index in [1.165, 1.54) is 0 Å². The number of anilines is 1. The van der Waals surface area contributed by atoms with Crippen LogP contribution in [0.1, 0.15) is 25.5 Å². The van der Waals surface area contributed by atoms with E-state index in [1.54, 1.807) is 12.5 Å². The third kappa shape index (κ3) is 7.88. The lowest BCUT2D eigenvalue weighted by molar-refractivity contribution is -0.131. The number of carbonyl (C=O) groups excluding carboxylic acids is 1. The van der Waals surface area contributed by atoms with E-state index in [0.717, 1.165) is 56.7 Å². The van der Waals surface area contributed by atoms with E-state index in [9.17, 15) is 4.79 Å². The molecule has 1 aliphatic heterocycles. The number of guanidine groups is 1. The maximum Gasteiger partial charge on any atom is 0.224 e. The number of nitrogens with zero attached hydrogens (tertiary/aromatic N) is 4. The topological polar surface area (TPSA) is 95.2 Å². The second-order valence-corrected chi connectivity index (χ2v) is 7.48. The molecule has 3 rings (SSSR count). The molecule has 174 valence electrons. The quantitative estimate of drug-likeness (QED) is 0.312. The molecule has 2 aromatic heterocycles. The molecule has 0 atom stereocenters. The van der Waals surface area contributed by atoms with Crippen LogP contribution in [-0.4, -0.2) is 74.2 Å². The highest BCUT2D eigenvalue weighted by Crippen LogP contribution is 2.12. The summed E-state index contributed by atoms with van der Waals surface area (Å²) in [5, 5.41) is 6.47. The first-order valence-corrected chi connectivity index (χ1v) is 11.3. The molecular formula is C23H34N6O3. The summed E-state index contributed by atoms with van der Waals surface area (Å²) in [5.74, 6) is 2.69. The minimum Gasteiger partial charge on any atom is -0.467 e. The number of carbonyl (C=O) groups is 1. The van der Waals surface area contributed by atoms with Crippen molar-refractivity contribution in [3.8, 4) is 0 Å². The molecule has 0 saturated carbocycles. The molecule has 3 heterocycles. The Morgan fingerprint density at radius 1 is 1.19 bits per heavy atom. The highest BCUT2D eigenvalue weighted by molar-refractivity contribution is 5.81. The molecule has 0 aromatic carbocycles. The van der Waals surface area contributed by atoms with Gasteiger partial charge in [-0.3, -0.25) is 9.79 Å². The number of furan rings is 1. The molecule has 0 radical (unpaired) electrons. The third-order valence-electron chi connectivity index (χ3n) is 5.12. The normalized spacial score (nSPS) is 14.5. The van der Waals surface area contributed by atoms with Gasteiger partial charge in [0.2, 0.25) is 5.91 Å². The summed E-state index contributed by atoms with van der Waals surface area (Å²) >= 11 is 0. The largest absolute Gasteiger partial charge is 0.467 e. The Morgan fingerprint density at radius 2 is 2.06 bits per heavy atom. The van der Waals surface area contributed by atoms with Crippen LogP contribution in [0.5, 0.6) is 0 Å². The lowest BCUT2D eigenvalue weighted by atomic mass is 10.2. The number of ether oxygens (including phenoxy) is 1. The van der Waals surface area contributed by atoms with Gasteiger partial charge >= 0.3 is 0 Å². The Hall–Kier alpha value is -3.07. The molecule has 1 saturated heterocycles. The predicted molar refractivity (Wildman–Crippen MR) is 125 cm³/mol. The van der Waals surface area contributed by atoms with Gasteiger partial charge in [0, 0.05) is 65.0 Å². The summed E-state index contributed by atoms with van der Waals surface area (Å²) in [5.41, 5.74) is 0. The molecule has 2 aromatic rings. The lowest BCUT2D eigenvalue weighted by Crippen LogP contribution is -2.49. The van der Waals surface area contributed by atoms with Gasteiger partial charge in [0.15, 0.2) is 5.96 Å². The van der Waals surface area contributed by atoms with Gasteiger partial charge in [0.1, 0.15) is 18.2 Å². The summed E-state index contributed by atoms with van der Waals surface area (Å²) in [4.78, 5) is 25.7. The molecule has 0 unspecified atom stereocenters. The predicted octanol–water partition coefficient (Wildman–Crippen LogP) is 1.88. The molecule has 32 heavy (non-hydrogen) atoms. The van der Waals surface area contributed by atoms with Crippen molar-refractivity contribution in [3.05, 3.63) is 48.6 Å². The summed E-state index contributed by atoms with van der Waals surface area (Å²) < 4.78 is 10.8. The van der Waals surface area contributed by atoms with Crippen LogP contribution in [0, 0.1) is 0 Å². The SMILES string of the molecule is CCNC(=NCCCOCc1ccco1)NCCC(=O)N1CCN(c2ccccn2)CC1. The molecule has 1 fully saturated rings. The zero-order valence-corrected chi connectivity index (χ0v) is 18.8. The first kappa shape index (κ1) is 23.6. The van der Waals surface area contributed by atoms with Gasteiger partial charge in [0.25, 0.3) is 0 Å². The third-order valence-corrected chi connectivity index (χ3v) is 5.12. The van der Waals surface area contributed by atoms with Gasteiger partial charge < -0.3 is 29.6 Å². The van der Waals surface area contributed by atoms with Crippen molar-refractivity contribution in [3.63, 3.8) is 0 Å². The van der Waals surface area contributed by atoms with Crippen LogP contribution in [0.3, 0.4) is 0 Å². The molecule has 9 heteroatoms. The van der Waals surface area contributed by atoms with Crippen molar-refractivity contribution in [2.75, 3.05) is 57.3 Å². The number of pyridine rings is 1. The first-order valence-electron chi connectivity index (χ1n) is 11.3. The second-order valence-electron chi connectivity index (χ2n) is 7.48.